The minimum atomic E-state index is 0.530. The fourth-order valence-electron chi connectivity index (χ4n) is 5.10. The van der Waals surface area contributed by atoms with Crippen LogP contribution < -0.4 is 14.8 Å². The molecule has 144 valence electrons. The highest BCUT2D eigenvalue weighted by Crippen LogP contribution is 2.54. The molecule has 0 heterocycles. The number of ether oxygens (including phenoxy) is 2. The Hall–Kier alpha value is -2.00. The smallest absolute Gasteiger partial charge is 0.161 e. The molecule has 2 aromatic carbocycles. The first-order valence-electron chi connectivity index (χ1n) is 10.2. The average Bonchev–Trinajstić information content (AvgIpc) is 2.73. The van der Waals surface area contributed by atoms with E-state index in [2.05, 4.69) is 47.8 Å². The van der Waals surface area contributed by atoms with Gasteiger partial charge in [0, 0.05) is 12.6 Å². The van der Waals surface area contributed by atoms with Crippen LogP contribution >= 0.6 is 0 Å². The molecule has 0 radical (unpaired) electrons. The van der Waals surface area contributed by atoms with E-state index in [-0.39, 0.29) is 0 Å². The van der Waals surface area contributed by atoms with Crippen LogP contribution in [-0.2, 0) is 6.54 Å². The van der Waals surface area contributed by atoms with Crippen molar-refractivity contribution in [2.24, 2.45) is 5.41 Å². The van der Waals surface area contributed by atoms with E-state index in [0.29, 0.717) is 11.5 Å². The highest BCUT2D eigenvalue weighted by atomic mass is 16.5. The van der Waals surface area contributed by atoms with Crippen molar-refractivity contribution in [1.82, 2.24) is 5.32 Å². The van der Waals surface area contributed by atoms with Crippen LogP contribution in [0.5, 0.6) is 11.5 Å². The van der Waals surface area contributed by atoms with Crippen molar-refractivity contribution in [3.05, 3.63) is 59.7 Å². The van der Waals surface area contributed by atoms with Crippen LogP contribution in [0.1, 0.15) is 55.6 Å². The summed E-state index contributed by atoms with van der Waals surface area (Å²) < 4.78 is 10.8. The molecule has 2 fully saturated rings. The van der Waals surface area contributed by atoms with Crippen LogP contribution in [0.2, 0.25) is 0 Å². The van der Waals surface area contributed by atoms with Gasteiger partial charge in [-0.2, -0.15) is 0 Å². The summed E-state index contributed by atoms with van der Waals surface area (Å²) in [6.07, 6.45) is 8.07. The van der Waals surface area contributed by atoms with E-state index in [1.165, 1.54) is 49.7 Å². The molecule has 27 heavy (non-hydrogen) atoms. The lowest BCUT2D eigenvalue weighted by Crippen LogP contribution is -2.54. The number of hydrogen-bond acceptors (Lipinski definition) is 3. The van der Waals surface area contributed by atoms with Crippen molar-refractivity contribution in [3.8, 4) is 11.5 Å². The van der Waals surface area contributed by atoms with Crippen molar-refractivity contribution in [2.45, 2.75) is 57.0 Å². The summed E-state index contributed by atoms with van der Waals surface area (Å²) >= 11 is 0. The second-order valence-electron chi connectivity index (χ2n) is 8.21. The lowest BCUT2D eigenvalue weighted by Gasteiger charge is -2.54. The molecule has 2 aromatic rings. The molecule has 4 rings (SSSR count). The summed E-state index contributed by atoms with van der Waals surface area (Å²) in [4.78, 5) is 0. The maximum Gasteiger partial charge on any atom is 0.161 e. The van der Waals surface area contributed by atoms with Crippen LogP contribution in [0.3, 0.4) is 0 Å². The Balaban J connectivity index is 1.34. The van der Waals surface area contributed by atoms with Crippen LogP contribution in [0, 0.1) is 5.41 Å². The van der Waals surface area contributed by atoms with E-state index in [4.69, 9.17) is 9.47 Å². The van der Waals surface area contributed by atoms with Crippen LogP contribution in [0.25, 0.3) is 0 Å². The van der Waals surface area contributed by atoms with Gasteiger partial charge in [-0.15, -0.1) is 0 Å². The molecule has 2 aliphatic carbocycles. The molecule has 0 amide bonds. The van der Waals surface area contributed by atoms with Gasteiger partial charge in [0.05, 0.1) is 14.2 Å². The summed E-state index contributed by atoms with van der Waals surface area (Å²) in [7, 11) is 3.38. The van der Waals surface area contributed by atoms with Crippen molar-refractivity contribution in [3.63, 3.8) is 0 Å². The number of nitrogens with one attached hydrogen (secondary N) is 1. The lowest BCUT2D eigenvalue weighted by molar-refractivity contribution is 0.0164. The van der Waals surface area contributed by atoms with Gasteiger partial charge in [0.1, 0.15) is 0 Å². The molecule has 2 saturated carbocycles. The van der Waals surface area contributed by atoms with Crippen molar-refractivity contribution >= 4 is 0 Å². The Morgan fingerprint density at radius 3 is 2.22 bits per heavy atom. The number of rotatable bonds is 6. The first-order valence-corrected chi connectivity index (χ1v) is 10.2. The van der Waals surface area contributed by atoms with Gasteiger partial charge in [0.2, 0.25) is 0 Å². The molecule has 3 heteroatoms. The van der Waals surface area contributed by atoms with Crippen LogP contribution in [-0.4, -0.2) is 20.3 Å². The van der Waals surface area contributed by atoms with Crippen LogP contribution in [0.15, 0.2) is 48.5 Å². The third kappa shape index (κ3) is 3.70. The van der Waals surface area contributed by atoms with E-state index >= 15 is 0 Å². The minimum Gasteiger partial charge on any atom is -0.493 e. The zero-order chi connectivity index (χ0) is 18.7. The van der Waals surface area contributed by atoms with Gasteiger partial charge in [-0.3, -0.25) is 0 Å². The predicted octanol–water partition coefficient (Wildman–Crippen LogP) is 5.30. The van der Waals surface area contributed by atoms with Gasteiger partial charge in [0.15, 0.2) is 11.5 Å². The van der Waals surface area contributed by atoms with Gasteiger partial charge in [0.25, 0.3) is 0 Å². The van der Waals surface area contributed by atoms with E-state index in [1.807, 2.05) is 6.07 Å². The van der Waals surface area contributed by atoms with E-state index in [0.717, 1.165) is 24.0 Å². The number of hydrogen-bond donors (Lipinski definition) is 1. The highest BCUT2D eigenvalue weighted by Gasteiger charge is 2.48. The minimum absolute atomic E-state index is 0.530. The third-order valence-corrected chi connectivity index (χ3v) is 6.92. The molecule has 1 spiro atoms. The van der Waals surface area contributed by atoms with Gasteiger partial charge in [-0.05, 0) is 73.1 Å². The molecule has 1 atom stereocenters. The summed E-state index contributed by atoms with van der Waals surface area (Å²) in [6.45, 7) is 0.898. The summed E-state index contributed by atoms with van der Waals surface area (Å²) in [5.41, 5.74) is 3.32. The van der Waals surface area contributed by atoms with Gasteiger partial charge >= 0.3 is 0 Å². The highest BCUT2D eigenvalue weighted by molar-refractivity contribution is 5.42. The monoisotopic (exact) mass is 365 g/mol. The zero-order valence-corrected chi connectivity index (χ0v) is 16.5. The van der Waals surface area contributed by atoms with Crippen LogP contribution in [0.4, 0.5) is 0 Å². The molecule has 1 N–H and O–H groups in total. The second-order valence-corrected chi connectivity index (χ2v) is 8.21. The van der Waals surface area contributed by atoms with Gasteiger partial charge in [-0.1, -0.05) is 36.4 Å². The standard InChI is InChI=1S/C24H31NO2/c1-26-21-9-8-18(16-22(21)27-2)17-25-23-12-15-24(23)13-10-20(11-14-24)19-6-4-3-5-7-19/h3-9,16,20,23,25H,10-15,17H2,1-2H3. The quantitative estimate of drug-likeness (QED) is 0.753. The topological polar surface area (TPSA) is 30.5 Å². The zero-order valence-electron chi connectivity index (χ0n) is 16.5. The van der Waals surface area contributed by atoms with Crippen molar-refractivity contribution in [1.29, 1.82) is 0 Å². The molecular formula is C24H31NO2. The summed E-state index contributed by atoms with van der Waals surface area (Å²) in [6, 6.07) is 17.9. The maximum absolute atomic E-state index is 5.43. The molecule has 0 bridgehead atoms. The maximum atomic E-state index is 5.43. The van der Waals surface area contributed by atoms with Gasteiger partial charge in [-0.25, -0.2) is 0 Å². The molecule has 0 aliphatic heterocycles. The predicted molar refractivity (Wildman–Crippen MR) is 109 cm³/mol. The summed E-state index contributed by atoms with van der Waals surface area (Å²) in [5, 5.41) is 3.84. The molecular weight excluding hydrogens is 334 g/mol. The van der Waals surface area contributed by atoms with Gasteiger partial charge < -0.3 is 14.8 Å². The average molecular weight is 366 g/mol. The third-order valence-electron chi connectivity index (χ3n) is 6.92. The molecule has 3 nitrogen and oxygen atoms in total. The Morgan fingerprint density at radius 1 is 0.889 bits per heavy atom. The lowest BCUT2D eigenvalue weighted by atomic mass is 9.55. The largest absolute Gasteiger partial charge is 0.493 e. The summed E-state index contributed by atoms with van der Waals surface area (Å²) in [5.74, 6) is 2.35. The Bertz CT molecular complexity index is 750. The molecule has 1 unspecified atom stereocenters. The van der Waals surface area contributed by atoms with Crippen molar-refractivity contribution in [2.75, 3.05) is 14.2 Å². The molecule has 0 saturated heterocycles. The SMILES string of the molecule is COc1ccc(CNC2CCC23CCC(c2ccccc2)CC3)cc1OC. The fourth-order valence-corrected chi connectivity index (χ4v) is 5.10. The fraction of sp³-hybridized carbons (Fsp3) is 0.500. The van der Waals surface area contributed by atoms with E-state index in [9.17, 15) is 0 Å². The Morgan fingerprint density at radius 2 is 1.59 bits per heavy atom. The first kappa shape index (κ1) is 18.4. The number of benzene rings is 2. The Kier molecular flexibility index (Phi) is 5.40. The first-order chi connectivity index (χ1) is 13.2. The van der Waals surface area contributed by atoms with Crippen molar-refractivity contribution < 1.29 is 9.47 Å². The Labute approximate surface area is 163 Å². The second kappa shape index (κ2) is 7.93. The molecule has 0 aromatic heterocycles. The normalized spacial score (nSPS) is 27.2. The number of methoxy groups -OCH3 is 2. The van der Waals surface area contributed by atoms with E-state index in [1.54, 1.807) is 14.2 Å². The molecule has 2 aliphatic rings. The van der Waals surface area contributed by atoms with E-state index < -0.39 is 0 Å².